The molecular formula is C38H52O5Se. The number of hydrogen-bond donors (Lipinski definition) is 0. The van der Waals surface area contributed by atoms with Gasteiger partial charge in [-0.05, 0) is 0 Å². The number of rotatable bonds is 22. The molecule has 3 rings (SSSR count). The Balaban J connectivity index is 1.37. The fourth-order valence-electron chi connectivity index (χ4n) is 5.08. The summed E-state index contributed by atoms with van der Waals surface area (Å²) in [4.78, 5) is 25.3. The molecule has 5 nitrogen and oxygen atoms in total. The summed E-state index contributed by atoms with van der Waals surface area (Å²) in [6.45, 7) is 7.13. The molecule has 44 heavy (non-hydrogen) atoms. The molecular weight excluding hydrogens is 615 g/mol. The van der Waals surface area contributed by atoms with Crippen molar-refractivity contribution in [1.82, 2.24) is 0 Å². The van der Waals surface area contributed by atoms with Crippen LogP contribution in [0.2, 0.25) is 0 Å². The first-order valence-corrected chi connectivity index (χ1v) is 18.6. The molecule has 0 unspecified atom stereocenters. The van der Waals surface area contributed by atoms with Gasteiger partial charge in [0.2, 0.25) is 0 Å². The number of hydrogen-bond acceptors (Lipinski definition) is 5. The van der Waals surface area contributed by atoms with Crippen LogP contribution in [-0.4, -0.2) is 39.2 Å². The van der Waals surface area contributed by atoms with Crippen LogP contribution >= 0.6 is 0 Å². The van der Waals surface area contributed by atoms with Gasteiger partial charge in [-0.3, -0.25) is 0 Å². The summed E-state index contributed by atoms with van der Waals surface area (Å²) >= 11 is -0.146. The van der Waals surface area contributed by atoms with Crippen LogP contribution in [0.25, 0.3) is 10.0 Å². The predicted octanol–water partition coefficient (Wildman–Crippen LogP) is 10.4. The maximum absolute atomic E-state index is 12.8. The molecule has 1 aromatic heterocycles. The van der Waals surface area contributed by atoms with Crippen LogP contribution in [0.4, 0.5) is 0 Å². The summed E-state index contributed by atoms with van der Waals surface area (Å²) in [5, 5.41) is 0. The summed E-state index contributed by atoms with van der Waals surface area (Å²) in [5.41, 5.74) is 1.55. The van der Waals surface area contributed by atoms with Crippen LogP contribution in [0.5, 0.6) is 11.5 Å². The van der Waals surface area contributed by atoms with Crippen LogP contribution in [0.1, 0.15) is 137 Å². The topological polar surface area (TPSA) is 61.8 Å². The molecule has 0 aliphatic heterocycles. The average molecular weight is 668 g/mol. The summed E-state index contributed by atoms with van der Waals surface area (Å²) in [5.74, 6) is 0.589. The van der Waals surface area contributed by atoms with Crippen LogP contribution < -0.4 is 9.47 Å². The van der Waals surface area contributed by atoms with Crippen molar-refractivity contribution >= 4 is 26.4 Å². The van der Waals surface area contributed by atoms with Gasteiger partial charge in [-0.25, -0.2) is 0 Å². The van der Waals surface area contributed by atoms with Crippen molar-refractivity contribution in [1.29, 1.82) is 0 Å². The summed E-state index contributed by atoms with van der Waals surface area (Å²) in [7, 11) is 0. The fraction of sp³-hybridized carbons (Fsp3) is 0.526. The van der Waals surface area contributed by atoms with Gasteiger partial charge in [0.1, 0.15) is 0 Å². The number of benzene rings is 2. The van der Waals surface area contributed by atoms with E-state index in [-0.39, 0.29) is 32.5 Å². The minimum atomic E-state index is -0.358. The zero-order chi connectivity index (χ0) is 31.4. The Labute approximate surface area is 271 Å². The second-order valence-electron chi connectivity index (χ2n) is 11.7. The zero-order valence-electron chi connectivity index (χ0n) is 27.1. The van der Waals surface area contributed by atoms with E-state index >= 15 is 0 Å². The van der Waals surface area contributed by atoms with Crippen molar-refractivity contribution in [2.45, 2.75) is 123 Å². The van der Waals surface area contributed by atoms with Gasteiger partial charge < -0.3 is 0 Å². The van der Waals surface area contributed by atoms with E-state index in [1.54, 1.807) is 24.3 Å². The zero-order valence-corrected chi connectivity index (χ0v) is 28.8. The Morgan fingerprint density at radius 1 is 0.636 bits per heavy atom. The monoisotopic (exact) mass is 668 g/mol. The molecule has 0 radical (unpaired) electrons. The van der Waals surface area contributed by atoms with Gasteiger partial charge in [-0.2, -0.15) is 0 Å². The van der Waals surface area contributed by atoms with Crippen molar-refractivity contribution in [2.24, 2.45) is 0 Å². The van der Waals surface area contributed by atoms with Gasteiger partial charge in [0.05, 0.1) is 0 Å². The quantitative estimate of drug-likeness (QED) is 0.0462. The van der Waals surface area contributed by atoms with Gasteiger partial charge >= 0.3 is 207 Å². The molecule has 3 aromatic rings. The fourth-order valence-corrected chi connectivity index (χ4v) is 6.95. The second kappa shape index (κ2) is 21.0. The molecule has 0 aliphatic carbocycles. The normalized spacial score (nSPS) is 11.7. The number of ether oxygens (including phenoxy) is 3. The van der Waals surface area contributed by atoms with E-state index in [1.165, 1.54) is 70.6 Å². The molecule has 0 aliphatic rings. The van der Waals surface area contributed by atoms with Gasteiger partial charge in [-0.1, -0.05) is 65.2 Å². The number of carbonyl (C=O) groups excluding carboxylic acids is 2. The minimum absolute atomic E-state index is 0.117. The average Bonchev–Trinajstić information content (AvgIpc) is 3.53. The Morgan fingerprint density at radius 2 is 1.20 bits per heavy atom. The number of esters is 2. The molecule has 1 atom stereocenters. The van der Waals surface area contributed by atoms with Crippen LogP contribution in [0.15, 0.2) is 60.7 Å². The first-order chi connectivity index (χ1) is 21.5. The molecule has 0 saturated heterocycles. The van der Waals surface area contributed by atoms with Crippen molar-refractivity contribution in [3.8, 4) is 21.5 Å². The summed E-state index contributed by atoms with van der Waals surface area (Å²) in [6.07, 6.45) is 18.5. The molecule has 0 amide bonds. The van der Waals surface area contributed by atoms with E-state index in [9.17, 15) is 9.59 Å². The molecule has 0 bridgehead atoms. The van der Waals surface area contributed by atoms with Crippen LogP contribution in [0.3, 0.4) is 0 Å². The standard InChI is InChI=1S/C38H52O5Se/c1-4-6-8-10-11-12-13-14-15-17-29-41-33-23-19-31(20-24-33)35-27-28-36(44-35)38(40)43-34-25-21-32(22-26-34)37(39)42-30(3)18-16-9-7-5-2/h19-28,30H,4-18,29H2,1-3H3/t30-/m1/s1. The molecule has 6 heteroatoms. The van der Waals surface area contributed by atoms with E-state index in [2.05, 4.69) is 26.0 Å². The molecule has 0 fully saturated rings. The van der Waals surface area contributed by atoms with Crippen molar-refractivity contribution < 1.29 is 23.8 Å². The Kier molecular flexibility index (Phi) is 17.0. The number of carbonyl (C=O) groups is 2. The van der Waals surface area contributed by atoms with E-state index in [4.69, 9.17) is 14.2 Å². The summed E-state index contributed by atoms with van der Waals surface area (Å²) in [6, 6.07) is 18.6. The van der Waals surface area contributed by atoms with E-state index in [1.807, 2.05) is 31.2 Å². The van der Waals surface area contributed by atoms with E-state index in [0.29, 0.717) is 15.8 Å². The molecule has 2 aromatic carbocycles. The van der Waals surface area contributed by atoms with Crippen LogP contribution in [-0.2, 0) is 4.74 Å². The first-order valence-electron chi connectivity index (χ1n) is 16.9. The molecule has 1 heterocycles. The maximum atomic E-state index is 12.8. The molecule has 240 valence electrons. The van der Waals surface area contributed by atoms with Crippen molar-refractivity contribution in [3.63, 3.8) is 0 Å². The predicted molar refractivity (Wildman–Crippen MR) is 181 cm³/mol. The van der Waals surface area contributed by atoms with Gasteiger partial charge in [0.15, 0.2) is 0 Å². The van der Waals surface area contributed by atoms with Crippen molar-refractivity contribution in [2.75, 3.05) is 6.61 Å². The Morgan fingerprint density at radius 3 is 1.84 bits per heavy atom. The van der Waals surface area contributed by atoms with E-state index in [0.717, 1.165) is 48.0 Å². The molecule has 0 N–H and O–H groups in total. The SMILES string of the molecule is CCCCCCCCCCCCOc1ccc(-c2ccc(C(=O)Oc3ccc(C(=O)O[C@H](C)CCCCCC)cc3)[se]2)cc1. The van der Waals surface area contributed by atoms with E-state index < -0.39 is 0 Å². The van der Waals surface area contributed by atoms with Crippen molar-refractivity contribution in [3.05, 3.63) is 70.7 Å². The second-order valence-corrected chi connectivity index (χ2v) is 14.0. The first kappa shape index (κ1) is 35.7. The third-order valence-corrected chi connectivity index (χ3v) is 10.1. The van der Waals surface area contributed by atoms with Gasteiger partial charge in [0.25, 0.3) is 0 Å². The molecule has 0 saturated carbocycles. The third kappa shape index (κ3) is 13.4. The third-order valence-electron chi connectivity index (χ3n) is 7.79. The Bertz CT molecular complexity index is 1210. The van der Waals surface area contributed by atoms with Gasteiger partial charge in [-0.15, -0.1) is 0 Å². The Hall–Kier alpha value is -2.82. The molecule has 0 spiro atoms. The summed E-state index contributed by atoms with van der Waals surface area (Å²) < 4.78 is 18.9. The van der Waals surface area contributed by atoms with Crippen LogP contribution in [0, 0.1) is 0 Å². The number of unbranched alkanes of at least 4 members (excludes halogenated alkanes) is 12. The van der Waals surface area contributed by atoms with Gasteiger partial charge in [0, 0.05) is 0 Å².